The number of rotatable bonds is 3. The van der Waals surface area contributed by atoms with Crippen molar-refractivity contribution in [3.63, 3.8) is 0 Å². The van der Waals surface area contributed by atoms with Crippen LogP contribution in [0.5, 0.6) is 5.75 Å². The zero-order valence-corrected chi connectivity index (χ0v) is 9.04. The zero-order valence-electron chi connectivity index (χ0n) is 9.04. The molecule has 5 nitrogen and oxygen atoms in total. The third-order valence-electron chi connectivity index (χ3n) is 1.81. The minimum atomic E-state index is -3.22. The van der Waals surface area contributed by atoms with E-state index < -0.39 is 24.3 Å². The molecule has 0 saturated carbocycles. The van der Waals surface area contributed by atoms with Crippen molar-refractivity contribution in [2.45, 2.75) is 6.61 Å². The van der Waals surface area contributed by atoms with Crippen LogP contribution in [0.1, 0.15) is 0 Å². The fourth-order valence-corrected chi connectivity index (χ4v) is 1.08. The fourth-order valence-electron chi connectivity index (χ4n) is 1.08. The average Bonchev–Trinajstić information content (AvgIpc) is 2.32. The molecule has 0 aliphatic heterocycles. The van der Waals surface area contributed by atoms with Crippen molar-refractivity contribution in [3.05, 3.63) is 29.4 Å². The third-order valence-corrected chi connectivity index (χ3v) is 1.81. The molecule has 0 aliphatic rings. The number of anilines is 1. The Morgan fingerprint density at radius 1 is 1.50 bits per heavy atom. The first-order valence-electron chi connectivity index (χ1n) is 4.48. The van der Waals surface area contributed by atoms with Gasteiger partial charge >= 0.3 is 12.7 Å². The molecule has 96 valence electrons. The lowest BCUT2D eigenvalue weighted by Gasteiger charge is -2.10. The Kier molecular flexibility index (Phi) is 4.37. The van der Waals surface area contributed by atoms with Crippen LogP contribution < -0.4 is 10.1 Å². The van der Waals surface area contributed by atoms with Gasteiger partial charge in [-0.2, -0.15) is 8.78 Å². The van der Waals surface area contributed by atoms with Gasteiger partial charge in [-0.1, -0.05) is 0 Å². The van der Waals surface area contributed by atoms with Crippen LogP contribution in [0.2, 0.25) is 0 Å². The number of ether oxygens (including phenoxy) is 2. The molecule has 1 aromatic rings. The van der Waals surface area contributed by atoms with Gasteiger partial charge in [-0.05, 0) is 12.1 Å². The average molecular weight is 260 g/mol. The summed E-state index contributed by atoms with van der Waals surface area (Å²) in [6.45, 7) is 3.55. The van der Waals surface area contributed by atoms with Crippen molar-refractivity contribution in [1.29, 1.82) is 0 Å². The summed E-state index contributed by atoms with van der Waals surface area (Å²) >= 11 is 0. The zero-order chi connectivity index (χ0) is 13.7. The van der Waals surface area contributed by atoms with E-state index >= 15 is 0 Å². The summed E-state index contributed by atoms with van der Waals surface area (Å²) in [4.78, 5) is 13.9. The van der Waals surface area contributed by atoms with Gasteiger partial charge in [-0.25, -0.2) is 14.0 Å². The standard InChI is InChI=1S/C10H7F3N2O3/c1-14-6-3-5(11)8(18-9(12)13)4-7(6)15-10(16)17-2/h3-4,9H,2H3,(H,15,16). The molecule has 0 bridgehead atoms. The molecule has 1 rings (SSSR count). The summed E-state index contributed by atoms with van der Waals surface area (Å²) < 4.78 is 45.4. The summed E-state index contributed by atoms with van der Waals surface area (Å²) in [6.07, 6.45) is -0.922. The van der Waals surface area contributed by atoms with Crippen molar-refractivity contribution < 1.29 is 27.4 Å². The van der Waals surface area contributed by atoms with E-state index in [1.807, 2.05) is 0 Å². The highest BCUT2D eigenvalue weighted by atomic mass is 19.3. The van der Waals surface area contributed by atoms with Crippen LogP contribution in [-0.4, -0.2) is 19.8 Å². The van der Waals surface area contributed by atoms with Crippen molar-refractivity contribution in [2.75, 3.05) is 12.4 Å². The first-order valence-corrected chi connectivity index (χ1v) is 4.48. The van der Waals surface area contributed by atoms with Gasteiger partial charge in [0.25, 0.3) is 0 Å². The van der Waals surface area contributed by atoms with Gasteiger partial charge in [0, 0.05) is 0 Å². The van der Waals surface area contributed by atoms with Crippen LogP contribution in [0.3, 0.4) is 0 Å². The van der Waals surface area contributed by atoms with Gasteiger partial charge < -0.3 is 14.8 Å². The number of methoxy groups -OCH3 is 1. The van der Waals surface area contributed by atoms with Crippen molar-refractivity contribution >= 4 is 17.5 Å². The van der Waals surface area contributed by atoms with E-state index in [9.17, 15) is 18.0 Å². The number of hydrogen-bond donors (Lipinski definition) is 1. The number of nitrogens with zero attached hydrogens (tertiary/aromatic N) is 1. The Bertz CT molecular complexity index is 500. The second-order valence-corrected chi connectivity index (χ2v) is 2.91. The summed E-state index contributed by atoms with van der Waals surface area (Å²) in [5.74, 6) is -1.90. The van der Waals surface area contributed by atoms with Crippen LogP contribution >= 0.6 is 0 Å². The maximum absolute atomic E-state index is 13.3. The molecule has 1 amide bonds. The van der Waals surface area contributed by atoms with E-state index in [-0.39, 0.29) is 11.4 Å². The van der Waals surface area contributed by atoms with Crippen LogP contribution in [-0.2, 0) is 4.74 Å². The maximum Gasteiger partial charge on any atom is 0.410 e. The predicted molar refractivity (Wildman–Crippen MR) is 55.3 cm³/mol. The van der Waals surface area contributed by atoms with E-state index in [2.05, 4.69) is 19.6 Å². The molecule has 1 N–H and O–H groups in total. The molecule has 18 heavy (non-hydrogen) atoms. The molecule has 0 aliphatic carbocycles. The number of carbonyl (C=O) groups excluding carboxylic acids is 1. The Morgan fingerprint density at radius 3 is 2.67 bits per heavy atom. The van der Waals surface area contributed by atoms with E-state index in [0.717, 1.165) is 13.2 Å². The molecular weight excluding hydrogens is 253 g/mol. The smallest absolute Gasteiger partial charge is 0.410 e. The first kappa shape index (κ1) is 13.6. The highest BCUT2D eigenvalue weighted by molar-refractivity contribution is 5.90. The van der Waals surface area contributed by atoms with Crippen molar-refractivity contribution in [3.8, 4) is 5.75 Å². The number of carbonyl (C=O) groups is 1. The Hall–Kier alpha value is -2.43. The van der Waals surface area contributed by atoms with Crippen LogP contribution in [0.15, 0.2) is 12.1 Å². The number of benzene rings is 1. The molecule has 0 spiro atoms. The molecule has 1 aromatic carbocycles. The van der Waals surface area contributed by atoms with Gasteiger partial charge in [-0.15, -0.1) is 0 Å². The molecule has 0 saturated heterocycles. The normalized spacial score (nSPS) is 9.78. The number of halogens is 3. The van der Waals surface area contributed by atoms with E-state index in [1.165, 1.54) is 0 Å². The highest BCUT2D eigenvalue weighted by Gasteiger charge is 2.16. The lowest BCUT2D eigenvalue weighted by Crippen LogP contribution is -2.12. The monoisotopic (exact) mass is 260 g/mol. The van der Waals surface area contributed by atoms with Gasteiger partial charge in [0.15, 0.2) is 11.6 Å². The molecule has 0 heterocycles. The number of hydrogen-bond acceptors (Lipinski definition) is 3. The largest absolute Gasteiger partial charge is 0.453 e. The van der Waals surface area contributed by atoms with Gasteiger partial charge in [-0.3, -0.25) is 0 Å². The van der Waals surface area contributed by atoms with Crippen molar-refractivity contribution in [2.24, 2.45) is 0 Å². The highest BCUT2D eigenvalue weighted by Crippen LogP contribution is 2.33. The summed E-state index contributed by atoms with van der Waals surface area (Å²) in [7, 11) is 1.08. The van der Waals surface area contributed by atoms with Crippen LogP contribution in [0.4, 0.5) is 29.3 Å². The topological polar surface area (TPSA) is 51.9 Å². The second kappa shape index (κ2) is 5.77. The predicted octanol–water partition coefficient (Wildman–Crippen LogP) is 3.16. The Morgan fingerprint density at radius 2 is 2.17 bits per heavy atom. The Labute approximate surface area is 99.9 Å². The minimum Gasteiger partial charge on any atom is -0.453 e. The first-order chi connectivity index (χ1) is 8.47. The SMILES string of the molecule is [C-]#[N+]c1cc(F)c(OC(F)F)cc1NC(=O)OC. The summed E-state index contributed by atoms with van der Waals surface area (Å²) in [5.41, 5.74) is -0.451. The molecule has 0 radical (unpaired) electrons. The van der Waals surface area contributed by atoms with Gasteiger partial charge in [0.2, 0.25) is 5.69 Å². The van der Waals surface area contributed by atoms with Gasteiger partial charge in [0.05, 0.1) is 19.4 Å². The second-order valence-electron chi connectivity index (χ2n) is 2.91. The maximum atomic E-state index is 13.3. The third kappa shape index (κ3) is 3.28. The van der Waals surface area contributed by atoms with Crippen LogP contribution in [0.25, 0.3) is 4.85 Å². The van der Waals surface area contributed by atoms with Gasteiger partial charge in [0.1, 0.15) is 0 Å². The van der Waals surface area contributed by atoms with E-state index in [1.54, 1.807) is 0 Å². The summed E-state index contributed by atoms with van der Waals surface area (Å²) in [5, 5.41) is 2.09. The molecule has 0 unspecified atom stereocenters. The lowest BCUT2D eigenvalue weighted by atomic mass is 10.2. The minimum absolute atomic E-state index is 0.186. The molecule has 0 fully saturated rings. The quantitative estimate of drug-likeness (QED) is 0.849. The molecule has 8 heteroatoms. The van der Waals surface area contributed by atoms with Crippen molar-refractivity contribution in [1.82, 2.24) is 0 Å². The lowest BCUT2D eigenvalue weighted by molar-refractivity contribution is -0.0521. The fraction of sp³-hybridized carbons (Fsp3) is 0.200. The Balaban J connectivity index is 3.14. The number of alkyl halides is 2. The molecule has 0 atom stereocenters. The van der Waals surface area contributed by atoms with Crippen LogP contribution in [0, 0.1) is 12.4 Å². The summed E-state index contributed by atoms with van der Waals surface area (Å²) in [6, 6.07) is 1.46. The molecular formula is C10H7F3N2O3. The number of nitrogens with one attached hydrogen (secondary N) is 1. The molecule has 0 aromatic heterocycles. The van der Waals surface area contributed by atoms with E-state index in [0.29, 0.717) is 6.07 Å². The number of amides is 1. The van der Waals surface area contributed by atoms with E-state index in [4.69, 9.17) is 6.57 Å².